The van der Waals surface area contributed by atoms with E-state index in [-0.39, 0.29) is 18.4 Å². The minimum absolute atomic E-state index is 0.0111. The Hall–Kier alpha value is -1.55. The van der Waals surface area contributed by atoms with E-state index in [2.05, 4.69) is 5.32 Å². The summed E-state index contributed by atoms with van der Waals surface area (Å²) in [6.07, 6.45) is 0. The molecule has 0 bridgehead atoms. The van der Waals surface area contributed by atoms with Gasteiger partial charge in [-0.2, -0.15) is 0 Å². The molecule has 0 saturated heterocycles. The first kappa shape index (κ1) is 15.5. The van der Waals surface area contributed by atoms with Crippen LogP contribution in [0, 0.1) is 11.8 Å². The first-order valence-electron chi connectivity index (χ1n) is 6.67. The molecule has 0 spiro atoms. The fourth-order valence-corrected chi connectivity index (χ4v) is 1.64. The van der Waals surface area contributed by atoms with Gasteiger partial charge in [-0.3, -0.25) is 4.79 Å². The lowest BCUT2D eigenvalue weighted by atomic mass is 9.97. The van der Waals surface area contributed by atoms with E-state index in [1.54, 1.807) is 18.2 Å². The molecule has 0 fully saturated rings. The maximum atomic E-state index is 12.0. The van der Waals surface area contributed by atoms with Gasteiger partial charge in [0.1, 0.15) is 5.75 Å². The van der Waals surface area contributed by atoms with E-state index in [1.807, 2.05) is 27.7 Å². The van der Waals surface area contributed by atoms with E-state index in [9.17, 15) is 9.90 Å². The van der Waals surface area contributed by atoms with Crippen LogP contribution in [0.3, 0.4) is 0 Å². The summed E-state index contributed by atoms with van der Waals surface area (Å²) in [6, 6.07) is 5.30. The molecule has 0 radical (unpaired) electrons. The van der Waals surface area contributed by atoms with Crippen LogP contribution in [0.15, 0.2) is 18.2 Å². The van der Waals surface area contributed by atoms with Crippen LogP contribution in [0.4, 0.5) is 5.69 Å². The Balaban J connectivity index is 2.82. The highest BCUT2D eigenvalue weighted by Crippen LogP contribution is 2.24. The molecule has 0 saturated carbocycles. The molecule has 19 heavy (non-hydrogen) atoms. The Labute approximate surface area is 114 Å². The van der Waals surface area contributed by atoms with Crippen molar-refractivity contribution in [1.82, 2.24) is 0 Å². The number of nitrogens with one attached hydrogen (secondary N) is 1. The first-order chi connectivity index (χ1) is 8.99. The van der Waals surface area contributed by atoms with Gasteiger partial charge in [-0.25, -0.2) is 0 Å². The van der Waals surface area contributed by atoms with Crippen molar-refractivity contribution in [3.8, 4) is 5.75 Å². The molecule has 4 heteroatoms. The number of aliphatic hydroxyl groups excluding tert-OH is 1. The second-order valence-corrected chi connectivity index (χ2v) is 4.94. The van der Waals surface area contributed by atoms with Gasteiger partial charge < -0.3 is 15.2 Å². The van der Waals surface area contributed by atoms with Crippen molar-refractivity contribution in [2.24, 2.45) is 11.8 Å². The zero-order valence-corrected chi connectivity index (χ0v) is 12.1. The molecule has 4 nitrogen and oxygen atoms in total. The lowest BCUT2D eigenvalue weighted by Crippen LogP contribution is -2.24. The van der Waals surface area contributed by atoms with Crippen molar-refractivity contribution >= 4 is 11.6 Å². The minimum Gasteiger partial charge on any atom is -0.494 e. The summed E-state index contributed by atoms with van der Waals surface area (Å²) < 4.78 is 5.40. The first-order valence-corrected chi connectivity index (χ1v) is 6.67. The number of benzene rings is 1. The number of carbonyl (C=O) groups is 1. The van der Waals surface area contributed by atoms with Crippen molar-refractivity contribution in [3.05, 3.63) is 23.8 Å². The number of hydrogen-bond acceptors (Lipinski definition) is 3. The van der Waals surface area contributed by atoms with Crippen molar-refractivity contribution in [3.63, 3.8) is 0 Å². The third kappa shape index (κ3) is 4.24. The fraction of sp³-hybridized carbons (Fsp3) is 0.533. The highest BCUT2D eigenvalue weighted by atomic mass is 16.5. The van der Waals surface area contributed by atoms with Gasteiger partial charge in [-0.15, -0.1) is 0 Å². The number of anilines is 1. The van der Waals surface area contributed by atoms with E-state index in [0.717, 1.165) is 0 Å². The monoisotopic (exact) mass is 265 g/mol. The van der Waals surface area contributed by atoms with Gasteiger partial charge in [0.2, 0.25) is 5.91 Å². The molecule has 0 aromatic heterocycles. The average Bonchev–Trinajstić information content (AvgIpc) is 2.39. The Morgan fingerprint density at radius 1 is 1.37 bits per heavy atom. The molecule has 0 aliphatic carbocycles. The molecule has 1 unspecified atom stereocenters. The summed E-state index contributed by atoms with van der Waals surface area (Å²) in [6.45, 7) is 8.26. The number of ether oxygens (including phenoxy) is 1. The zero-order valence-electron chi connectivity index (χ0n) is 12.1. The molecule has 0 aliphatic heterocycles. The third-order valence-corrected chi connectivity index (χ3v) is 3.21. The number of carbonyl (C=O) groups excluding carboxylic acids is 1. The summed E-state index contributed by atoms with van der Waals surface area (Å²) in [7, 11) is 0. The molecule has 2 N–H and O–H groups in total. The Bertz CT molecular complexity index is 429. The summed E-state index contributed by atoms with van der Waals surface area (Å²) in [5, 5.41) is 12.2. The third-order valence-electron chi connectivity index (χ3n) is 3.21. The van der Waals surface area contributed by atoms with Crippen LogP contribution in [0.1, 0.15) is 33.3 Å². The molecular weight excluding hydrogens is 242 g/mol. The van der Waals surface area contributed by atoms with Crippen LogP contribution >= 0.6 is 0 Å². The van der Waals surface area contributed by atoms with E-state index in [0.29, 0.717) is 29.5 Å². The molecule has 106 valence electrons. The smallest absolute Gasteiger partial charge is 0.227 e. The quantitative estimate of drug-likeness (QED) is 0.831. The molecule has 1 atom stereocenters. The topological polar surface area (TPSA) is 58.6 Å². The second-order valence-electron chi connectivity index (χ2n) is 4.94. The van der Waals surface area contributed by atoms with Crippen LogP contribution in [0.25, 0.3) is 0 Å². The van der Waals surface area contributed by atoms with Crippen LogP contribution in [0.2, 0.25) is 0 Å². The van der Waals surface area contributed by atoms with Crippen molar-refractivity contribution in [2.45, 2.75) is 34.3 Å². The van der Waals surface area contributed by atoms with Gasteiger partial charge in [-0.1, -0.05) is 20.8 Å². The Kier molecular flexibility index (Phi) is 5.83. The predicted molar refractivity (Wildman–Crippen MR) is 76.2 cm³/mol. The molecule has 1 aromatic carbocycles. The fourth-order valence-electron chi connectivity index (χ4n) is 1.64. The van der Waals surface area contributed by atoms with E-state index in [1.165, 1.54) is 0 Å². The van der Waals surface area contributed by atoms with Crippen LogP contribution < -0.4 is 10.1 Å². The zero-order chi connectivity index (χ0) is 14.4. The molecule has 1 amide bonds. The number of amides is 1. The minimum atomic E-state index is -0.112. The van der Waals surface area contributed by atoms with Gasteiger partial charge in [-0.05, 0) is 31.0 Å². The van der Waals surface area contributed by atoms with E-state index < -0.39 is 0 Å². The van der Waals surface area contributed by atoms with Gasteiger partial charge in [0.05, 0.1) is 13.2 Å². The van der Waals surface area contributed by atoms with Gasteiger partial charge in [0, 0.05) is 17.2 Å². The van der Waals surface area contributed by atoms with Crippen molar-refractivity contribution in [1.29, 1.82) is 0 Å². The predicted octanol–water partition coefficient (Wildman–Crippen LogP) is 2.81. The van der Waals surface area contributed by atoms with Crippen molar-refractivity contribution < 1.29 is 14.6 Å². The Morgan fingerprint density at radius 2 is 2.05 bits per heavy atom. The SMILES string of the molecule is CCOc1ccc(NC(=O)C(C)C(C)C)cc1CO. The van der Waals surface area contributed by atoms with E-state index >= 15 is 0 Å². The standard InChI is InChI=1S/C15H23NO3/c1-5-19-14-7-6-13(8-12(14)9-17)16-15(18)11(4)10(2)3/h6-8,10-11,17H,5,9H2,1-4H3,(H,16,18). The summed E-state index contributed by atoms with van der Waals surface area (Å²) in [4.78, 5) is 12.0. The molecule has 0 aliphatic rings. The van der Waals surface area contributed by atoms with Crippen LogP contribution in [0.5, 0.6) is 5.75 Å². The number of rotatable bonds is 6. The summed E-state index contributed by atoms with van der Waals surface area (Å²) >= 11 is 0. The van der Waals surface area contributed by atoms with Gasteiger partial charge in [0.15, 0.2) is 0 Å². The van der Waals surface area contributed by atoms with Crippen molar-refractivity contribution in [2.75, 3.05) is 11.9 Å². The second kappa shape index (κ2) is 7.14. The van der Waals surface area contributed by atoms with Gasteiger partial charge >= 0.3 is 0 Å². The average molecular weight is 265 g/mol. The molecule has 1 rings (SSSR count). The summed E-state index contributed by atoms with van der Waals surface area (Å²) in [5.74, 6) is 0.882. The van der Waals surface area contributed by atoms with E-state index in [4.69, 9.17) is 4.74 Å². The molecular formula is C15H23NO3. The number of aliphatic hydroxyl groups is 1. The normalized spacial score (nSPS) is 12.3. The molecule has 1 aromatic rings. The highest BCUT2D eigenvalue weighted by molar-refractivity contribution is 5.92. The maximum Gasteiger partial charge on any atom is 0.227 e. The summed E-state index contributed by atoms with van der Waals surface area (Å²) in [5.41, 5.74) is 1.36. The molecule has 0 heterocycles. The Morgan fingerprint density at radius 3 is 2.58 bits per heavy atom. The lowest BCUT2D eigenvalue weighted by molar-refractivity contribution is -0.120. The number of hydrogen-bond donors (Lipinski definition) is 2. The van der Waals surface area contributed by atoms with Gasteiger partial charge in [0.25, 0.3) is 0 Å². The van der Waals surface area contributed by atoms with Crippen LogP contribution in [-0.4, -0.2) is 17.6 Å². The van der Waals surface area contributed by atoms with Crippen LogP contribution in [-0.2, 0) is 11.4 Å². The maximum absolute atomic E-state index is 12.0. The lowest BCUT2D eigenvalue weighted by Gasteiger charge is -2.16. The largest absolute Gasteiger partial charge is 0.494 e. The highest BCUT2D eigenvalue weighted by Gasteiger charge is 2.17.